The van der Waals surface area contributed by atoms with E-state index in [0.29, 0.717) is 0 Å². The number of benzene rings is 2. The Bertz CT molecular complexity index is 1120. The fraction of sp³-hybridized carbons (Fsp3) is 0.433. The summed E-state index contributed by atoms with van der Waals surface area (Å²) in [5.41, 5.74) is 4.83. The van der Waals surface area contributed by atoms with Crippen molar-refractivity contribution in [3.63, 3.8) is 0 Å². The van der Waals surface area contributed by atoms with E-state index in [9.17, 15) is 19.4 Å². The lowest BCUT2D eigenvalue weighted by Gasteiger charge is -2.28. The second-order valence-corrected chi connectivity index (χ2v) is 10.7. The second kappa shape index (κ2) is 10.1. The first kappa shape index (κ1) is 25.3. The monoisotopic (exact) mass is 478 g/mol. The Morgan fingerprint density at radius 3 is 2.40 bits per heavy atom. The number of aliphatic hydroxyl groups is 2. The number of carbonyl (C=O) groups is 1. The highest BCUT2D eigenvalue weighted by Gasteiger charge is 2.45. The Hall–Kier alpha value is -2.76. The van der Waals surface area contributed by atoms with Crippen LogP contribution in [0.2, 0.25) is 0 Å². The Balaban J connectivity index is 1.62. The van der Waals surface area contributed by atoms with Gasteiger partial charge in [0, 0.05) is 11.8 Å². The fourth-order valence-corrected chi connectivity index (χ4v) is 5.56. The molecule has 0 bridgehead atoms. The molecule has 1 fully saturated rings. The van der Waals surface area contributed by atoms with Gasteiger partial charge in [0.25, 0.3) is 0 Å². The van der Waals surface area contributed by atoms with Crippen molar-refractivity contribution in [1.29, 1.82) is 0 Å². The van der Waals surface area contributed by atoms with Gasteiger partial charge in [-0.1, -0.05) is 61.4 Å². The van der Waals surface area contributed by atoms with Crippen molar-refractivity contribution in [2.75, 3.05) is 0 Å². The van der Waals surface area contributed by atoms with Crippen molar-refractivity contribution >= 4 is 11.5 Å². The molecule has 0 amide bonds. The Kier molecular flexibility index (Phi) is 7.30. The van der Waals surface area contributed by atoms with Crippen LogP contribution in [0.4, 0.5) is 4.39 Å². The Morgan fingerprint density at radius 1 is 1.09 bits per heavy atom. The second-order valence-electron chi connectivity index (χ2n) is 10.7. The highest BCUT2D eigenvalue weighted by atomic mass is 19.1. The van der Waals surface area contributed by atoms with Crippen LogP contribution in [0.25, 0.3) is 5.57 Å². The van der Waals surface area contributed by atoms with Gasteiger partial charge in [-0.3, -0.25) is 4.79 Å². The number of hydrogen-bond donors (Lipinski definition) is 2. The third-order valence-corrected chi connectivity index (χ3v) is 6.91. The molecule has 0 unspecified atom stereocenters. The molecule has 2 atom stereocenters. The van der Waals surface area contributed by atoms with Crippen LogP contribution in [0, 0.1) is 5.82 Å². The van der Waals surface area contributed by atoms with E-state index in [1.54, 1.807) is 26.8 Å². The molecule has 186 valence electrons. The van der Waals surface area contributed by atoms with E-state index in [4.69, 9.17) is 4.74 Å². The molecule has 2 aromatic carbocycles. The zero-order valence-corrected chi connectivity index (χ0v) is 20.8. The quantitative estimate of drug-likeness (QED) is 0.490. The summed E-state index contributed by atoms with van der Waals surface area (Å²) in [5.74, 6) is -0.763. The molecule has 4 nitrogen and oxygen atoms in total. The minimum Gasteiger partial charge on any atom is -0.460 e. The number of esters is 1. The lowest BCUT2D eigenvalue weighted by atomic mass is 9.75. The van der Waals surface area contributed by atoms with Crippen LogP contribution in [0.3, 0.4) is 0 Å². The number of halogens is 1. The van der Waals surface area contributed by atoms with Gasteiger partial charge in [0.1, 0.15) is 11.4 Å². The first-order valence-electron chi connectivity index (χ1n) is 12.5. The van der Waals surface area contributed by atoms with Gasteiger partial charge in [-0.25, -0.2) is 4.39 Å². The van der Waals surface area contributed by atoms with Gasteiger partial charge in [-0.2, -0.15) is 0 Å². The van der Waals surface area contributed by atoms with E-state index >= 15 is 0 Å². The zero-order valence-electron chi connectivity index (χ0n) is 20.8. The molecule has 2 aromatic rings. The largest absolute Gasteiger partial charge is 0.460 e. The molecule has 0 aromatic heterocycles. The van der Waals surface area contributed by atoms with E-state index < -0.39 is 23.8 Å². The van der Waals surface area contributed by atoms with Gasteiger partial charge >= 0.3 is 5.97 Å². The van der Waals surface area contributed by atoms with Gasteiger partial charge < -0.3 is 14.9 Å². The fourth-order valence-electron chi connectivity index (χ4n) is 5.56. The van der Waals surface area contributed by atoms with Crippen LogP contribution in [-0.4, -0.2) is 34.0 Å². The summed E-state index contributed by atoms with van der Waals surface area (Å²) < 4.78 is 19.0. The van der Waals surface area contributed by atoms with Crippen molar-refractivity contribution in [2.24, 2.45) is 0 Å². The molecule has 0 heterocycles. The molecule has 0 saturated heterocycles. The predicted octanol–water partition coefficient (Wildman–Crippen LogP) is 5.85. The van der Waals surface area contributed by atoms with E-state index in [0.717, 1.165) is 48.0 Å². The molecule has 4 rings (SSSR count). The van der Waals surface area contributed by atoms with Gasteiger partial charge in [0.2, 0.25) is 0 Å². The summed E-state index contributed by atoms with van der Waals surface area (Å²) in [7, 11) is 0. The normalized spacial score (nSPS) is 18.8. The van der Waals surface area contributed by atoms with Crippen molar-refractivity contribution in [3.05, 3.63) is 88.8 Å². The number of hydrogen-bond acceptors (Lipinski definition) is 4. The summed E-state index contributed by atoms with van der Waals surface area (Å²) in [5, 5.41) is 21.0. The number of rotatable bonds is 7. The molecule has 0 radical (unpaired) electrons. The minimum absolute atomic E-state index is 0.0366. The van der Waals surface area contributed by atoms with E-state index in [-0.39, 0.29) is 24.1 Å². The minimum atomic E-state index is -1.00. The van der Waals surface area contributed by atoms with Crippen LogP contribution in [0.15, 0.2) is 66.3 Å². The zero-order chi connectivity index (χ0) is 25.2. The molecular weight excluding hydrogens is 443 g/mol. The average Bonchev–Trinajstić information content (AvgIpc) is 3.36. The van der Waals surface area contributed by atoms with Crippen LogP contribution in [-0.2, 0) is 14.9 Å². The topological polar surface area (TPSA) is 66.8 Å². The SMILES string of the molecule is CC(C)(C)OC(=O)C[C@H](O)C[C@H](O)C=CC1=C(c2ccc(F)cc2)c2ccccc2C12CCCC2. The summed E-state index contributed by atoms with van der Waals surface area (Å²) >= 11 is 0. The maximum Gasteiger partial charge on any atom is 0.308 e. The van der Waals surface area contributed by atoms with Gasteiger partial charge in [-0.15, -0.1) is 0 Å². The average molecular weight is 479 g/mol. The highest BCUT2D eigenvalue weighted by Crippen LogP contribution is 2.57. The van der Waals surface area contributed by atoms with Crippen LogP contribution in [0.5, 0.6) is 0 Å². The summed E-state index contributed by atoms with van der Waals surface area (Å²) in [6.45, 7) is 5.33. The first-order chi connectivity index (χ1) is 16.6. The maximum absolute atomic E-state index is 13.7. The summed E-state index contributed by atoms with van der Waals surface area (Å²) in [4.78, 5) is 12.0. The molecule has 1 saturated carbocycles. The number of ether oxygens (including phenoxy) is 1. The predicted molar refractivity (Wildman–Crippen MR) is 135 cm³/mol. The molecule has 5 heteroatoms. The molecule has 2 aliphatic rings. The Labute approximate surface area is 207 Å². The Morgan fingerprint density at radius 2 is 1.74 bits per heavy atom. The molecule has 1 spiro atoms. The maximum atomic E-state index is 13.7. The lowest BCUT2D eigenvalue weighted by Crippen LogP contribution is -2.27. The smallest absolute Gasteiger partial charge is 0.308 e. The first-order valence-corrected chi connectivity index (χ1v) is 12.5. The van der Waals surface area contributed by atoms with Crippen LogP contribution >= 0.6 is 0 Å². The summed E-state index contributed by atoms with van der Waals surface area (Å²) in [6, 6.07) is 15.0. The number of carbonyl (C=O) groups excluding carboxylic acids is 1. The third-order valence-electron chi connectivity index (χ3n) is 6.91. The molecule has 0 aliphatic heterocycles. The highest BCUT2D eigenvalue weighted by molar-refractivity contribution is 5.91. The van der Waals surface area contributed by atoms with E-state index in [1.807, 2.05) is 24.3 Å². The molecule has 2 aliphatic carbocycles. The van der Waals surface area contributed by atoms with Gasteiger partial charge in [0.05, 0.1) is 18.6 Å². The third kappa shape index (κ3) is 5.57. The van der Waals surface area contributed by atoms with Crippen molar-refractivity contribution < 1.29 is 24.1 Å². The van der Waals surface area contributed by atoms with Crippen LogP contribution < -0.4 is 0 Å². The molecule has 35 heavy (non-hydrogen) atoms. The number of allylic oxidation sites excluding steroid dienone is 2. The number of aliphatic hydroxyl groups excluding tert-OH is 2. The van der Waals surface area contributed by atoms with Crippen molar-refractivity contribution in [2.45, 2.75) is 82.5 Å². The number of fused-ring (bicyclic) bond motifs is 2. The van der Waals surface area contributed by atoms with E-state index in [1.165, 1.54) is 17.7 Å². The molecular formula is C30H35FO4. The van der Waals surface area contributed by atoms with E-state index in [2.05, 4.69) is 18.2 Å². The lowest BCUT2D eigenvalue weighted by molar-refractivity contribution is -0.157. The standard InChI is InChI=1S/C30H35FO4/c1-29(2,3)35-27(34)19-23(33)18-22(32)14-15-26-28(20-10-12-21(31)13-11-20)24-8-4-5-9-25(24)30(26)16-6-7-17-30/h4-5,8-15,22-23,32-33H,6-7,16-19H2,1-3H3/t22-,23-/m1/s1. The molecule has 2 N–H and O–H groups in total. The van der Waals surface area contributed by atoms with Crippen molar-refractivity contribution in [3.8, 4) is 0 Å². The summed E-state index contributed by atoms with van der Waals surface area (Å²) in [6.07, 6.45) is 5.93. The van der Waals surface area contributed by atoms with Gasteiger partial charge in [0.15, 0.2) is 0 Å². The van der Waals surface area contributed by atoms with Gasteiger partial charge in [-0.05, 0) is 73.6 Å². The van der Waals surface area contributed by atoms with Crippen LogP contribution in [0.1, 0.15) is 76.0 Å². The van der Waals surface area contributed by atoms with Crippen molar-refractivity contribution in [1.82, 2.24) is 0 Å².